The number of halogens is 2. The number of hydrogen-bond donors (Lipinski definition) is 0. The van der Waals surface area contributed by atoms with E-state index in [2.05, 4.69) is 36.3 Å². The van der Waals surface area contributed by atoms with Gasteiger partial charge in [-0.25, -0.2) is 4.39 Å². The Morgan fingerprint density at radius 1 is 1.17 bits per heavy atom. The molecule has 0 fully saturated rings. The number of hydrogen-bond acceptors (Lipinski definition) is 5. The average molecular weight is 407 g/mol. The van der Waals surface area contributed by atoms with Gasteiger partial charge in [0.1, 0.15) is 5.82 Å². The fourth-order valence-corrected chi connectivity index (χ4v) is 3.99. The fourth-order valence-electron chi connectivity index (χ4n) is 2.64. The van der Waals surface area contributed by atoms with Gasteiger partial charge in [0.15, 0.2) is 10.8 Å². The molecule has 0 radical (unpaired) electrons. The molecule has 3 heterocycles. The Labute approximate surface area is 149 Å². The van der Waals surface area contributed by atoms with Crippen LogP contribution in [0.4, 0.5) is 4.39 Å². The van der Waals surface area contributed by atoms with Gasteiger partial charge in [-0.15, -0.1) is 10.2 Å². The molecule has 9 heteroatoms. The topological polar surface area (TPSA) is 60.9 Å². The highest BCUT2D eigenvalue weighted by molar-refractivity contribution is 9.10. The van der Waals surface area contributed by atoms with E-state index in [-0.39, 0.29) is 5.82 Å². The van der Waals surface area contributed by atoms with E-state index < -0.39 is 0 Å². The molecule has 122 valence electrons. The second-order valence-electron chi connectivity index (χ2n) is 5.42. The summed E-state index contributed by atoms with van der Waals surface area (Å²) in [5.74, 6) is 0.0151. The predicted molar refractivity (Wildman–Crippen MR) is 93.4 cm³/mol. The van der Waals surface area contributed by atoms with Crippen LogP contribution in [0.3, 0.4) is 0 Å². The maximum Gasteiger partial charge on any atom is 0.235 e. The zero-order valence-corrected chi connectivity index (χ0v) is 15.5. The molecule has 1 aromatic carbocycles. The first kappa shape index (κ1) is 15.4. The summed E-state index contributed by atoms with van der Waals surface area (Å²) in [7, 11) is 1.90. The van der Waals surface area contributed by atoms with E-state index in [1.165, 1.54) is 17.4 Å². The summed E-state index contributed by atoms with van der Waals surface area (Å²) < 4.78 is 18.4. The van der Waals surface area contributed by atoms with Gasteiger partial charge >= 0.3 is 0 Å². The molecule has 3 aromatic heterocycles. The predicted octanol–water partition coefficient (Wildman–Crippen LogP) is 3.77. The molecule has 6 nitrogen and oxygen atoms in total. The molecular weight excluding hydrogens is 395 g/mol. The zero-order chi connectivity index (χ0) is 17.0. The molecule has 24 heavy (non-hydrogen) atoms. The van der Waals surface area contributed by atoms with Crippen molar-refractivity contribution in [1.82, 2.24) is 29.6 Å². The molecule has 0 bridgehead atoms. The van der Waals surface area contributed by atoms with Gasteiger partial charge in [-0.1, -0.05) is 27.3 Å². The Balaban J connectivity index is 1.92. The maximum atomic E-state index is 14.2. The van der Waals surface area contributed by atoms with Crippen LogP contribution in [0.25, 0.3) is 26.9 Å². The van der Waals surface area contributed by atoms with Crippen LogP contribution in [0, 0.1) is 19.7 Å². The summed E-state index contributed by atoms with van der Waals surface area (Å²) in [5, 5.41) is 18.0. The lowest BCUT2D eigenvalue weighted by Crippen LogP contribution is -1.95. The maximum absolute atomic E-state index is 14.2. The van der Waals surface area contributed by atoms with E-state index >= 15 is 0 Å². The molecule has 0 unspecified atom stereocenters. The van der Waals surface area contributed by atoms with Gasteiger partial charge in [0, 0.05) is 17.2 Å². The SMILES string of the molecule is Cc1nn(C)c(C)c1-c1nn2c(-c3cc(Br)ccc3F)nnc2s1. The zero-order valence-electron chi connectivity index (χ0n) is 13.1. The van der Waals surface area contributed by atoms with Gasteiger partial charge in [-0.05, 0) is 32.0 Å². The number of fused-ring (bicyclic) bond motifs is 1. The van der Waals surface area contributed by atoms with Crippen molar-refractivity contribution in [3.8, 4) is 22.0 Å². The minimum absolute atomic E-state index is 0.355. The van der Waals surface area contributed by atoms with Gasteiger partial charge in [0.05, 0.1) is 16.8 Å². The van der Waals surface area contributed by atoms with Crippen LogP contribution in [-0.2, 0) is 7.05 Å². The van der Waals surface area contributed by atoms with E-state index in [0.717, 1.165) is 26.4 Å². The van der Waals surface area contributed by atoms with Gasteiger partial charge in [-0.2, -0.15) is 14.7 Å². The summed E-state index contributed by atoms with van der Waals surface area (Å²) in [4.78, 5) is 0.613. The highest BCUT2D eigenvalue weighted by Gasteiger charge is 2.20. The van der Waals surface area contributed by atoms with Crippen LogP contribution in [0.5, 0.6) is 0 Å². The third-order valence-corrected chi connectivity index (χ3v) is 5.29. The Bertz CT molecular complexity index is 1080. The van der Waals surface area contributed by atoms with E-state index in [1.54, 1.807) is 16.6 Å². The van der Waals surface area contributed by atoms with Crippen LogP contribution in [0.2, 0.25) is 0 Å². The summed E-state index contributed by atoms with van der Waals surface area (Å²) in [6, 6.07) is 4.71. The van der Waals surface area contributed by atoms with Gasteiger partial charge in [-0.3, -0.25) is 4.68 Å². The summed E-state index contributed by atoms with van der Waals surface area (Å²) in [5.41, 5.74) is 3.25. The van der Waals surface area contributed by atoms with Crippen molar-refractivity contribution >= 4 is 32.2 Å². The van der Waals surface area contributed by atoms with Crippen LogP contribution >= 0.6 is 27.3 Å². The molecule has 0 amide bonds. The number of nitrogens with zero attached hydrogens (tertiary/aromatic N) is 6. The van der Waals surface area contributed by atoms with E-state index in [9.17, 15) is 4.39 Å². The van der Waals surface area contributed by atoms with Gasteiger partial charge < -0.3 is 0 Å². The Kier molecular flexibility index (Phi) is 3.50. The molecule has 0 atom stereocenters. The molecule has 4 aromatic rings. The van der Waals surface area contributed by atoms with Crippen molar-refractivity contribution in [2.75, 3.05) is 0 Å². The minimum Gasteiger partial charge on any atom is -0.272 e. The van der Waals surface area contributed by atoms with Crippen LogP contribution in [-0.4, -0.2) is 29.6 Å². The van der Waals surface area contributed by atoms with Crippen molar-refractivity contribution in [2.24, 2.45) is 7.05 Å². The fraction of sp³-hybridized carbons (Fsp3) is 0.200. The summed E-state index contributed by atoms with van der Waals surface area (Å²) in [6.45, 7) is 3.94. The third kappa shape index (κ3) is 2.27. The Morgan fingerprint density at radius 3 is 2.67 bits per heavy atom. The molecule has 0 spiro atoms. The molecule has 0 N–H and O–H groups in total. The third-order valence-electron chi connectivity index (χ3n) is 3.88. The second kappa shape index (κ2) is 5.45. The molecule has 0 saturated heterocycles. The number of rotatable bonds is 2. The first-order valence-corrected chi connectivity index (χ1v) is 8.75. The average Bonchev–Trinajstić information content (AvgIpc) is 3.16. The second-order valence-corrected chi connectivity index (χ2v) is 7.29. The molecule has 4 rings (SSSR count). The first-order chi connectivity index (χ1) is 11.5. The molecule has 0 aliphatic heterocycles. The lowest BCUT2D eigenvalue weighted by Gasteiger charge is -2.00. The number of aryl methyl sites for hydroxylation is 2. The summed E-state index contributed by atoms with van der Waals surface area (Å²) >= 11 is 4.77. The highest BCUT2D eigenvalue weighted by Crippen LogP contribution is 2.32. The van der Waals surface area contributed by atoms with Crippen molar-refractivity contribution in [2.45, 2.75) is 13.8 Å². The van der Waals surface area contributed by atoms with Crippen LogP contribution in [0.1, 0.15) is 11.4 Å². The monoisotopic (exact) mass is 406 g/mol. The van der Waals surface area contributed by atoms with E-state index in [0.29, 0.717) is 16.3 Å². The highest BCUT2D eigenvalue weighted by atomic mass is 79.9. The Hall–Kier alpha value is -2.13. The van der Waals surface area contributed by atoms with E-state index in [4.69, 9.17) is 0 Å². The largest absolute Gasteiger partial charge is 0.272 e. The van der Waals surface area contributed by atoms with Crippen LogP contribution in [0.15, 0.2) is 22.7 Å². The van der Waals surface area contributed by atoms with Crippen molar-refractivity contribution in [3.05, 3.63) is 39.9 Å². The van der Waals surface area contributed by atoms with E-state index in [1.807, 2.05) is 25.6 Å². The quantitative estimate of drug-likeness (QED) is 0.508. The van der Waals surface area contributed by atoms with Crippen molar-refractivity contribution in [1.29, 1.82) is 0 Å². The molecule has 0 aliphatic carbocycles. The number of aromatic nitrogens is 6. The molecular formula is C15H12BrFN6S. The Morgan fingerprint density at radius 2 is 1.96 bits per heavy atom. The standard InChI is InChI=1S/C15H12BrFN6S/c1-7-12(8(2)22(3)20-7)14-21-23-13(18-19-15(23)24-14)10-6-9(16)4-5-11(10)17/h4-6H,1-3H3. The molecule has 0 aliphatic rings. The smallest absolute Gasteiger partial charge is 0.235 e. The lowest BCUT2D eigenvalue weighted by molar-refractivity contribution is 0.629. The number of benzene rings is 1. The summed E-state index contributed by atoms with van der Waals surface area (Å²) in [6.07, 6.45) is 0. The molecule has 0 saturated carbocycles. The lowest BCUT2D eigenvalue weighted by atomic mass is 10.2. The minimum atomic E-state index is -0.365. The first-order valence-electron chi connectivity index (χ1n) is 7.14. The van der Waals surface area contributed by atoms with Gasteiger partial charge in [0.2, 0.25) is 4.96 Å². The van der Waals surface area contributed by atoms with Crippen molar-refractivity contribution < 1.29 is 4.39 Å². The normalized spacial score (nSPS) is 11.5. The van der Waals surface area contributed by atoms with Crippen molar-refractivity contribution in [3.63, 3.8) is 0 Å². The van der Waals surface area contributed by atoms with Crippen LogP contribution < -0.4 is 0 Å². The van der Waals surface area contributed by atoms with Gasteiger partial charge in [0.25, 0.3) is 0 Å².